The summed E-state index contributed by atoms with van der Waals surface area (Å²) in [7, 11) is 1.63. The summed E-state index contributed by atoms with van der Waals surface area (Å²) < 4.78 is 11.2. The van der Waals surface area contributed by atoms with Crippen LogP contribution >= 0.6 is 0 Å². The Labute approximate surface area is 118 Å². The second kappa shape index (κ2) is 5.51. The summed E-state index contributed by atoms with van der Waals surface area (Å²) in [6.07, 6.45) is 3.26. The van der Waals surface area contributed by atoms with Gasteiger partial charge in [0.2, 0.25) is 5.88 Å². The molecular weight excluding hydrogens is 252 g/mol. The number of aryl methyl sites for hydroxylation is 2. The first-order chi connectivity index (χ1) is 9.81. The first-order valence-corrected chi connectivity index (χ1v) is 6.84. The van der Waals surface area contributed by atoms with E-state index in [0.717, 1.165) is 30.5 Å². The van der Waals surface area contributed by atoms with Crippen LogP contribution in [-0.4, -0.2) is 12.1 Å². The van der Waals surface area contributed by atoms with Gasteiger partial charge >= 0.3 is 0 Å². The Bertz CT molecular complexity index is 626. The summed E-state index contributed by atoms with van der Waals surface area (Å²) in [6, 6.07) is 9.68. The van der Waals surface area contributed by atoms with Crippen LogP contribution in [0.25, 0.3) is 0 Å². The standard InChI is InChI=1S/C16H18N2O2/c1-19-14-7-2-3-8-15(14)20-16-12(10-17)9-11-5-4-6-13(11)18-16/h2-3,7-9H,4-6,10,17H2,1H3. The van der Waals surface area contributed by atoms with Crippen molar-refractivity contribution in [3.8, 4) is 17.4 Å². The van der Waals surface area contributed by atoms with E-state index in [0.29, 0.717) is 23.9 Å². The molecule has 20 heavy (non-hydrogen) atoms. The number of rotatable bonds is 4. The maximum Gasteiger partial charge on any atom is 0.224 e. The van der Waals surface area contributed by atoms with Crippen LogP contribution in [0.3, 0.4) is 0 Å². The molecule has 1 aromatic carbocycles. The third-order valence-corrected chi connectivity index (χ3v) is 3.59. The molecule has 0 bridgehead atoms. The highest BCUT2D eigenvalue weighted by molar-refractivity contribution is 5.44. The van der Waals surface area contributed by atoms with Gasteiger partial charge in [0.15, 0.2) is 11.5 Å². The molecule has 0 atom stereocenters. The zero-order valence-electron chi connectivity index (χ0n) is 11.6. The van der Waals surface area contributed by atoms with Crippen LogP contribution in [0.1, 0.15) is 23.2 Å². The highest BCUT2D eigenvalue weighted by Crippen LogP contribution is 2.33. The minimum atomic E-state index is 0.421. The van der Waals surface area contributed by atoms with Gasteiger partial charge in [0.05, 0.1) is 7.11 Å². The van der Waals surface area contributed by atoms with E-state index in [9.17, 15) is 0 Å². The number of ether oxygens (including phenoxy) is 2. The van der Waals surface area contributed by atoms with Crippen molar-refractivity contribution in [3.63, 3.8) is 0 Å². The van der Waals surface area contributed by atoms with E-state index in [2.05, 4.69) is 11.1 Å². The van der Waals surface area contributed by atoms with E-state index in [-0.39, 0.29) is 0 Å². The molecule has 4 heteroatoms. The van der Waals surface area contributed by atoms with Crippen molar-refractivity contribution in [1.82, 2.24) is 4.98 Å². The number of benzene rings is 1. The fourth-order valence-corrected chi connectivity index (χ4v) is 2.54. The third kappa shape index (κ3) is 2.34. The van der Waals surface area contributed by atoms with Crippen molar-refractivity contribution < 1.29 is 9.47 Å². The molecule has 4 nitrogen and oxygen atoms in total. The van der Waals surface area contributed by atoms with Gasteiger partial charge in [-0.2, -0.15) is 0 Å². The van der Waals surface area contributed by atoms with Crippen LogP contribution < -0.4 is 15.2 Å². The Balaban J connectivity index is 1.98. The van der Waals surface area contributed by atoms with Gasteiger partial charge in [-0.1, -0.05) is 12.1 Å². The second-order valence-electron chi connectivity index (χ2n) is 4.87. The fourth-order valence-electron chi connectivity index (χ4n) is 2.54. The average Bonchev–Trinajstić information content (AvgIpc) is 2.94. The van der Waals surface area contributed by atoms with Crippen molar-refractivity contribution in [1.29, 1.82) is 0 Å². The lowest BCUT2D eigenvalue weighted by molar-refractivity contribution is 0.372. The topological polar surface area (TPSA) is 57.4 Å². The molecule has 1 aromatic heterocycles. The fraction of sp³-hybridized carbons (Fsp3) is 0.312. The van der Waals surface area contributed by atoms with Gasteiger partial charge in [-0.15, -0.1) is 0 Å². The van der Waals surface area contributed by atoms with Gasteiger partial charge in [0.25, 0.3) is 0 Å². The molecule has 0 spiro atoms. The Morgan fingerprint density at radius 2 is 2.00 bits per heavy atom. The highest BCUT2D eigenvalue weighted by Gasteiger charge is 2.17. The van der Waals surface area contributed by atoms with E-state index in [4.69, 9.17) is 15.2 Å². The third-order valence-electron chi connectivity index (χ3n) is 3.59. The molecule has 1 aliphatic rings. The molecule has 2 aromatic rings. The number of fused-ring (bicyclic) bond motifs is 1. The molecule has 0 fully saturated rings. The molecule has 2 N–H and O–H groups in total. The van der Waals surface area contributed by atoms with E-state index in [1.807, 2.05) is 24.3 Å². The van der Waals surface area contributed by atoms with Gasteiger partial charge in [0.1, 0.15) is 0 Å². The van der Waals surface area contributed by atoms with Crippen molar-refractivity contribution in [3.05, 3.63) is 47.2 Å². The number of nitrogens with two attached hydrogens (primary N) is 1. The van der Waals surface area contributed by atoms with Crippen molar-refractivity contribution >= 4 is 0 Å². The molecular formula is C16H18N2O2. The largest absolute Gasteiger partial charge is 0.493 e. The SMILES string of the molecule is COc1ccccc1Oc1nc2c(cc1CN)CCC2. The molecule has 0 saturated heterocycles. The molecule has 0 amide bonds. The molecule has 3 rings (SSSR count). The van der Waals surface area contributed by atoms with Crippen molar-refractivity contribution in [2.45, 2.75) is 25.8 Å². The van der Waals surface area contributed by atoms with Crippen LogP contribution in [0, 0.1) is 0 Å². The molecule has 1 aliphatic carbocycles. The summed E-state index contributed by atoms with van der Waals surface area (Å²) >= 11 is 0. The minimum Gasteiger partial charge on any atom is -0.493 e. The monoisotopic (exact) mass is 270 g/mol. The number of methoxy groups -OCH3 is 1. The molecule has 104 valence electrons. The van der Waals surface area contributed by atoms with Crippen LogP contribution in [-0.2, 0) is 19.4 Å². The van der Waals surface area contributed by atoms with Crippen molar-refractivity contribution in [2.24, 2.45) is 5.73 Å². The Morgan fingerprint density at radius 1 is 1.20 bits per heavy atom. The lowest BCUT2D eigenvalue weighted by Gasteiger charge is -2.13. The summed E-state index contributed by atoms with van der Waals surface area (Å²) in [5.41, 5.74) is 9.19. The molecule has 0 aliphatic heterocycles. The quantitative estimate of drug-likeness (QED) is 0.928. The number of para-hydroxylation sites is 2. The number of hydrogen-bond donors (Lipinski definition) is 1. The summed E-state index contributed by atoms with van der Waals surface area (Å²) in [5.74, 6) is 1.95. The molecule has 1 heterocycles. The average molecular weight is 270 g/mol. The number of aromatic nitrogens is 1. The molecule has 0 saturated carbocycles. The summed E-state index contributed by atoms with van der Waals surface area (Å²) in [6.45, 7) is 0.421. The Morgan fingerprint density at radius 3 is 2.75 bits per heavy atom. The van der Waals surface area contributed by atoms with Crippen molar-refractivity contribution in [2.75, 3.05) is 7.11 Å². The first kappa shape index (κ1) is 12.9. The van der Waals surface area contributed by atoms with E-state index < -0.39 is 0 Å². The zero-order chi connectivity index (χ0) is 13.9. The number of pyridine rings is 1. The number of nitrogens with zero attached hydrogens (tertiary/aromatic N) is 1. The zero-order valence-corrected chi connectivity index (χ0v) is 11.6. The van der Waals surface area contributed by atoms with Gasteiger partial charge in [0, 0.05) is 17.8 Å². The van der Waals surface area contributed by atoms with Crippen LogP contribution in [0.5, 0.6) is 17.4 Å². The van der Waals surface area contributed by atoms with Gasteiger partial charge in [-0.3, -0.25) is 0 Å². The normalized spacial score (nSPS) is 13.1. The smallest absolute Gasteiger partial charge is 0.224 e. The second-order valence-corrected chi connectivity index (χ2v) is 4.87. The highest BCUT2D eigenvalue weighted by atomic mass is 16.5. The van der Waals surface area contributed by atoms with Crippen LogP contribution in [0.2, 0.25) is 0 Å². The van der Waals surface area contributed by atoms with Crippen LogP contribution in [0.4, 0.5) is 0 Å². The molecule has 0 radical (unpaired) electrons. The maximum atomic E-state index is 5.93. The van der Waals surface area contributed by atoms with E-state index >= 15 is 0 Å². The van der Waals surface area contributed by atoms with Gasteiger partial charge < -0.3 is 15.2 Å². The van der Waals surface area contributed by atoms with Crippen LogP contribution in [0.15, 0.2) is 30.3 Å². The predicted molar refractivity (Wildman–Crippen MR) is 77.2 cm³/mol. The first-order valence-electron chi connectivity index (χ1n) is 6.84. The maximum absolute atomic E-state index is 5.93. The van der Waals surface area contributed by atoms with E-state index in [1.54, 1.807) is 7.11 Å². The lowest BCUT2D eigenvalue weighted by Crippen LogP contribution is -2.04. The lowest BCUT2D eigenvalue weighted by atomic mass is 10.1. The van der Waals surface area contributed by atoms with Gasteiger partial charge in [-0.05, 0) is 43.0 Å². The minimum absolute atomic E-state index is 0.421. The molecule has 0 unspecified atom stereocenters. The van der Waals surface area contributed by atoms with E-state index in [1.165, 1.54) is 5.56 Å². The summed E-state index contributed by atoms with van der Waals surface area (Å²) in [5, 5.41) is 0. The Hall–Kier alpha value is -2.07. The number of hydrogen-bond acceptors (Lipinski definition) is 4. The Kier molecular flexibility index (Phi) is 3.56. The summed E-state index contributed by atoms with van der Waals surface area (Å²) in [4.78, 5) is 4.64. The predicted octanol–water partition coefficient (Wildman–Crippen LogP) is 2.83. The van der Waals surface area contributed by atoms with Gasteiger partial charge in [-0.25, -0.2) is 4.98 Å².